The van der Waals surface area contributed by atoms with Crippen LogP contribution in [-0.4, -0.2) is 0 Å². The smallest absolute Gasteiger partial charge is 0 e. The van der Waals surface area contributed by atoms with E-state index in [1.165, 1.54) is 0 Å². The number of hydrogen-bond donors (Lipinski definition) is 0. The van der Waals surface area contributed by atoms with E-state index in [2.05, 4.69) is 26.6 Å². The van der Waals surface area contributed by atoms with Gasteiger partial charge < -0.3 is 0 Å². The fourth-order valence-electron chi connectivity index (χ4n) is 0. The summed E-state index contributed by atoms with van der Waals surface area (Å²) in [7, 11) is 0. The Kier molecular flexibility index (Phi) is 1350. The molecule has 0 aliphatic heterocycles. The fourth-order valence-corrected chi connectivity index (χ4v) is 0. The average molecular weight is 388 g/mol. The molecule has 0 bridgehead atoms. The minimum absolute atomic E-state index is 0. The Morgan fingerprint density at radius 3 is 0.385 bits per heavy atom. The summed E-state index contributed by atoms with van der Waals surface area (Å²) in [6.45, 7) is 18.0. The second-order valence-electron chi connectivity index (χ2n) is 0. The van der Waals surface area contributed by atoms with Crippen molar-refractivity contribution in [1.82, 2.24) is 0 Å². The van der Waals surface area contributed by atoms with Gasteiger partial charge in [0.1, 0.15) is 0 Å². The van der Waals surface area contributed by atoms with E-state index >= 15 is 0 Å². The molecule has 0 unspecified atom stereocenters. The van der Waals surface area contributed by atoms with Crippen LogP contribution in [0.3, 0.4) is 0 Å². The molecule has 0 N–H and O–H groups in total. The van der Waals surface area contributed by atoms with Crippen LogP contribution in [-0.2, 0) is 39.7 Å². The molecule has 0 atom stereocenters. The van der Waals surface area contributed by atoms with Gasteiger partial charge in [-0.05, 0) is 0 Å². The number of rotatable bonds is 0. The predicted octanol–water partition coefficient (Wildman–Crippen LogP) is -12.1. The van der Waals surface area contributed by atoms with Crippen LogP contribution in [0, 0.1) is 26.6 Å². The average Bonchev–Trinajstić information content (AvgIpc) is 2.03. The molecule has 0 saturated carbocycles. The third-order valence-electron chi connectivity index (χ3n) is 0. The van der Waals surface area contributed by atoms with Gasteiger partial charge in [0.15, 0.2) is 0 Å². The van der Waals surface area contributed by atoms with E-state index in [-0.39, 0.29) is 139 Å². The molecule has 0 aromatic carbocycles. The van der Waals surface area contributed by atoms with Crippen LogP contribution in [0.25, 0.3) is 0 Å². The Morgan fingerprint density at radius 1 is 0.385 bits per heavy atom. The van der Waals surface area contributed by atoms with Gasteiger partial charge in [-0.3, -0.25) is 0 Å². The number of hydrogen-bond acceptors (Lipinski definition) is 0. The van der Waals surface area contributed by atoms with E-state index in [9.17, 15) is 0 Å². The summed E-state index contributed by atoms with van der Waals surface area (Å²) in [5.74, 6) is 0. The molecule has 4 nitrogen and oxygen atoms in total. The summed E-state index contributed by atoms with van der Waals surface area (Å²) in [6, 6.07) is 0. The Bertz CT molecular complexity index is 67.1. The van der Waals surface area contributed by atoms with E-state index < -0.39 is 0 Å². The zero-order valence-electron chi connectivity index (χ0n) is 8.04. The Labute approximate surface area is 180 Å². The van der Waals surface area contributed by atoms with E-state index in [4.69, 9.17) is 18.6 Å². The van der Waals surface area contributed by atoms with Crippen molar-refractivity contribution < 1.29 is 158 Å². The third kappa shape index (κ3) is 219. The predicted molar refractivity (Wildman–Crippen MR) is 15.7 cm³/mol. The maximum absolute atomic E-state index is 7.50. The first-order valence-corrected chi connectivity index (χ1v) is 0.816. The molecule has 0 fully saturated rings. The van der Waals surface area contributed by atoms with Gasteiger partial charge in [0, 0.05) is 21.1 Å². The molecule has 0 rings (SSSR count). The molecule has 13 heavy (non-hydrogen) atoms. The normalized spacial score (nSPS) is 0.615. The molecule has 9 heteroatoms. The van der Waals surface area contributed by atoms with Crippen molar-refractivity contribution in [2.24, 2.45) is 0 Å². The largest absolute Gasteiger partial charge is 1.00 e. The van der Waals surface area contributed by atoms with Crippen molar-refractivity contribution in [1.29, 1.82) is 0 Å². The van der Waals surface area contributed by atoms with Gasteiger partial charge in [0.25, 0.3) is 0 Å². The second-order valence-corrected chi connectivity index (χ2v) is 0. The monoisotopic (exact) mass is 388 g/mol. The van der Waals surface area contributed by atoms with Gasteiger partial charge in [-0.25, -0.2) is 0 Å². The molecule has 0 aromatic heterocycles. The van der Waals surface area contributed by atoms with Crippen molar-refractivity contribution >= 4 is 0 Å². The van der Waals surface area contributed by atoms with Crippen molar-refractivity contribution in [3.05, 3.63) is 26.6 Å². The molecule has 0 aliphatic carbocycles. The van der Waals surface area contributed by atoms with Gasteiger partial charge in [0.05, 0.1) is 0 Å². The van der Waals surface area contributed by atoms with Crippen molar-refractivity contribution in [3.8, 4) is 0 Å². The molecule has 0 heterocycles. The summed E-state index contributed by atoms with van der Waals surface area (Å²) < 4.78 is 30.0. The van der Waals surface area contributed by atoms with E-state index in [1.807, 2.05) is 0 Å². The first kappa shape index (κ1) is 69.7. The van der Waals surface area contributed by atoms with Gasteiger partial charge >= 0.3 is 163 Å². The summed E-state index contributed by atoms with van der Waals surface area (Å²) in [5.41, 5.74) is 0. The van der Waals surface area contributed by atoms with Crippen LogP contribution in [0.4, 0.5) is 0 Å². The SMILES string of the molecule is [C-]#[O+].[C-]#[O+].[C-]#[O+].[C-]#[O+].[Na+].[Na+].[Na+].[Na+].[W]. The minimum atomic E-state index is 0. The van der Waals surface area contributed by atoms with Gasteiger partial charge in [-0.1, -0.05) is 0 Å². The summed E-state index contributed by atoms with van der Waals surface area (Å²) in [4.78, 5) is 0. The van der Waals surface area contributed by atoms with Crippen LogP contribution < -0.4 is 118 Å². The summed E-state index contributed by atoms with van der Waals surface area (Å²) >= 11 is 0. The third-order valence-corrected chi connectivity index (χ3v) is 0. The van der Waals surface area contributed by atoms with Crippen LogP contribution in [0.15, 0.2) is 0 Å². The van der Waals surface area contributed by atoms with E-state index in [0.717, 1.165) is 0 Å². The Morgan fingerprint density at radius 2 is 0.385 bits per heavy atom. The first-order valence-electron chi connectivity index (χ1n) is 0.816. The standard InChI is InChI=1S/4CO.4Na.W/c4*1-2;;;;;/q;;;;4*+1;. The van der Waals surface area contributed by atoms with Gasteiger partial charge in [-0.15, -0.1) is 0 Å². The molecule has 46 valence electrons. The van der Waals surface area contributed by atoms with Crippen LogP contribution in [0.1, 0.15) is 0 Å². The van der Waals surface area contributed by atoms with Crippen LogP contribution in [0.2, 0.25) is 0 Å². The van der Waals surface area contributed by atoms with Crippen molar-refractivity contribution in [2.45, 2.75) is 0 Å². The molecule has 0 aliphatic rings. The van der Waals surface area contributed by atoms with Gasteiger partial charge in [0.2, 0.25) is 0 Å². The van der Waals surface area contributed by atoms with Crippen molar-refractivity contribution in [2.75, 3.05) is 0 Å². The molecular weight excluding hydrogens is 388 g/mol. The molecule has 0 spiro atoms. The Hall–Kier alpha value is 3.65. The Balaban J connectivity index is -0.00000000208. The zero-order chi connectivity index (χ0) is 8.00. The first-order chi connectivity index (χ1) is 4.00. The topological polar surface area (TPSA) is 79.6 Å². The second kappa shape index (κ2) is 252. The fraction of sp³-hybridized carbons (Fsp3) is 0. The zero-order valence-corrected chi connectivity index (χ0v) is 19.0. The summed E-state index contributed by atoms with van der Waals surface area (Å²) in [6.07, 6.45) is 0. The van der Waals surface area contributed by atoms with E-state index in [0.29, 0.717) is 0 Å². The molecule has 0 aromatic rings. The molecular formula is C4Na4O4W+4. The molecule has 0 radical (unpaired) electrons. The maximum atomic E-state index is 7.50. The minimum Gasteiger partial charge on any atom is 0 e. The van der Waals surface area contributed by atoms with E-state index in [1.54, 1.807) is 0 Å². The molecule has 0 amide bonds. The molecule has 0 saturated heterocycles. The van der Waals surface area contributed by atoms with Gasteiger partial charge in [-0.2, -0.15) is 0 Å². The quantitative estimate of drug-likeness (QED) is 0.225. The maximum Gasteiger partial charge on any atom is 1.00 e. The van der Waals surface area contributed by atoms with Crippen LogP contribution in [0.5, 0.6) is 0 Å². The van der Waals surface area contributed by atoms with Crippen LogP contribution >= 0.6 is 0 Å². The van der Waals surface area contributed by atoms with Crippen molar-refractivity contribution in [3.63, 3.8) is 0 Å². The summed E-state index contributed by atoms with van der Waals surface area (Å²) in [5, 5.41) is 0.